The molecule has 0 saturated heterocycles. The molecular weight excluding hydrogens is 314 g/mol. The van der Waals surface area contributed by atoms with Gasteiger partial charge < -0.3 is 9.80 Å². The van der Waals surface area contributed by atoms with Crippen molar-refractivity contribution in [2.24, 2.45) is 0 Å². The second-order valence-corrected chi connectivity index (χ2v) is 6.10. The average Bonchev–Trinajstić information content (AvgIpc) is 2.64. The van der Waals surface area contributed by atoms with Crippen molar-refractivity contribution in [3.63, 3.8) is 0 Å². The van der Waals surface area contributed by atoms with Crippen LogP contribution in [0.1, 0.15) is 18.1 Å². The van der Waals surface area contributed by atoms with Crippen LogP contribution in [0, 0.1) is 0 Å². The molecule has 2 rings (SSSR count). The van der Waals surface area contributed by atoms with Crippen LogP contribution in [-0.2, 0) is 22.4 Å². The molecule has 0 fully saturated rings. The summed E-state index contributed by atoms with van der Waals surface area (Å²) in [5.74, 6) is -0.121. The van der Waals surface area contributed by atoms with Gasteiger partial charge in [0.05, 0.1) is 6.54 Å². The van der Waals surface area contributed by atoms with Crippen LogP contribution < -0.4 is 0 Å². The topological polar surface area (TPSA) is 53.5 Å². The van der Waals surface area contributed by atoms with Gasteiger partial charge in [0.25, 0.3) is 0 Å². The van der Waals surface area contributed by atoms with E-state index in [4.69, 9.17) is 0 Å². The summed E-state index contributed by atoms with van der Waals surface area (Å²) in [6.45, 7) is 2.79. The standard InChI is InChI=1S/C20H25N3O2/c1-17(24)23(15-11-18-6-4-3-5-7-18)16-20(25)22(2)14-10-19-8-12-21-13-9-19/h3-9,12-13H,10-11,14-16H2,1-2H3. The Labute approximate surface area is 149 Å². The molecule has 2 amide bonds. The molecule has 0 saturated carbocycles. The molecule has 0 radical (unpaired) electrons. The van der Waals surface area contributed by atoms with Gasteiger partial charge in [0.2, 0.25) is 11.8 Å². The van der Waals surface area contributed by atoms with Gasteiger partial charge in [-0.3, -0.25) is 14.6 Å². The first-order valence-electron chi connectivity index (χ1n) is 8.48. The molecule has 0 bridgehead atoms. The van der Waals surface area contributed by atoms with Crippen molar-refractivity contribution in [3.8, 4) is 0 Å². The minimum atomic E-state index is -0.0770. The van der Waals surface area contributed by atoms with Crippen LogP contribution in [0.3, 0.4) is 0 Å². The first-order valence-corrected chi connectivity index (χ1v) is 8.48. The summed E-state index contributed by atoms with van der Waals surface area (Å²) in [6.07, 6.45) is 5.01. The van der Waals surface area contributed by atoms with Crippen molar-refractivity contribution in [1.82, 2.24) is 14.8 Å². The van der Waals surface area contributed by atoms with Gasteiger partial charge in [0, 0.05) is 39.5 Å². The number of hydrogen-bond acceptors (Lipinski definition) is 3. The molecule has 5 nitrogen and oxygen atoms in total. The highest BCUT2D eigenvalue weighted by Crippen LogP contribution is 2.04. The molecule has 132 valence electrons. The first-order chi connectivity index (χ1) is 12.1. The lowest BCUT2D eigenvalue weighted by atomic mass is 10.1. The van der Waals surface area contributed by atoms with Gasteiger partial charge in [-0.05, 0) is 36.1 Å². The maximum atomic E-state index is 12.4. The molecule has 0 aliphatic heterocycles. The SMILES string of the molecule is CC(=O)N(CCc1ccccc1)CC(=O)N(C)CCc1ccncc1. The second kappa shape index (κ2) is 9.57. The number of rotatable bonds is 8. The van der Waals surface area contributed by atoms with Gasteiger partial charge >= 0.3 is 0 Å². The van der Waals surface area contributed by atoms with Crippen LogP contribution in [0.4, 0.5) is 0 Å². The zero-order valence-corrected chi connectivity index (χ0v) is 14.9. The van der Waals surface area contributed by atoms with Gasteiger partial charge in [-0.1, -0.05) is 30.3 Å². The number of aromatic nitrogens is 1. The van der Waals surface area contributed by atoms with Gasteiger partial charge in [0.1, 0.15) is 0 Å². The van der Waals surface area contributed by atoms with Crippen molar-refractivity contribution in [1.29, 1.82) is 0 Å². The van der Waals surface area contributed by atoms with E-state index in [2.05, 4.69) is 4.98 Å². The molecule has 0 N–H and O–H groups in total. The molecule has 2 aromatic rings. The third-order valence-electron chi connectivity index (χ3n) is 4.20. The van der Waals surface area contributed by atoms with E-state index in [0.717, 1.165) is 24.0 Å². The predicted octanol–water partition coefficient (Wildman–Crippen LogP) is 2.17. The van der Waals surface area contributed by atoms with Crippen LogP contribution >= 0.6 is 0 Å². The lowest BCUT2D eigenvalue weighted by Gasteiger charge is -2.24. The Morgan fingerprint density at radius 2 is 1.52 bits per heavy atom. The molecule has 0 aliphatic carbocycles. The van der Waals surface area contributed by atoms with E-state index in [-0.39, 0.29) is 18.4 Å². The predicted molar refractivity (Wildman–Crippen MR) is 98.0 cm³/mol. The van der Waals surface area contributed by atoms with E-state index in [1.54, 1.807) is 29.2 Å². The van der Waals surface area contributed by atoms with Crippen molar-refractivity contribution in [3.05, 3.63) is 66.0 Å². The minimum absolute atomic E-state index is 0.0442. The van der Waals surface area contributed by atoms with E-state index in [9.17, 15) is 9.59 Å². The summed E-state index contributed by atoms with van der Waals surface area (Å²) < 4.78 is 0. The van der Waals surface area contributed by atoms with E-state index in [1.165, 1.54) is 6.92 Å². The fourth-order valence-electron chi connectivity index (χ4n) is 2.51. The maximum absolute atomic E-state index is 12.4. The van der Waals surface area contributed by atoms with Crippen molar-refractivity contribution >= 4 is 11.8 Å². The lowest BCUT2D eigenvalue weighted by molar-refractivity contribution is -0.138. The van der Waals surface area contributed by atoms with Crippen LogP contribution in [0.2, 0.25) is 0 Å². The molecule has 1 aromatic carbocycles. The summed E-state index contributed by atoms with van der Waals surface area (Å²) >= 11 is 0. The maximum Gasteiger partial charge on any atom is 0.241 e. The average molecular weight is 339 g/mol. The second-order valence-electron chi connectivity index (χ2n) is 6.10. The quantitative estimate of drug-likeness (QED) is 0.741. The van der Waals surface area contributed by atoms with E-state index >= 15 is 0 Å². The molecule has 0 aliphatic rings. The molecule has 0 spiro atoms. The minimum Gasteiger partial charge on any atom is -0.344 e. The normalized spacial score (nSPS) is 10.3. The Hall–Kier alpha value is -2.69. The highest BCUT2D eigenvalue weighted by Gasteiger charge is 2.16. The molecule has 5 heteroatoms. The van der Waals surface area contributed by atoms with Gasteiger partial charge in [-0.25, -0.2) is 0 Å². The fraction of sp³-hybridized carbons (Fsp3) is 0.350. The van der Waals surface area contributed by atoms with Crippen molar-refractivity contribution in [2.45, 2.75) is 19.8 Å². The number of pyridine rings is 1. The largest absolute Gasteiger partial charge is 0.344 e. The number of likely N-dealkylation sites (N-methyl/N-ethyl adjacent to an activating group) is 1. The molecule has 1 heterocycles. The highest BCUT2D eigenvalue weighted by molar-refractivity contribution is 5.83. The fourth-order valence-corrected chi connectivity index (χ4v) is 2.51. The number of carbonyl (C=O) groups excluding carboxylic acids is 2. The highest BCUT2D eigenvalue weighted by atomic mass is 16.2. The van der Waals surface area contributed by atoms with Crippen LogP contribution in [-0.4, -0.2) is 53.3 Å². The number of carbonyl (C=O) groups is 2. The number of benzene rings is 1. The number of hydrogen-bond donors (Lipinski definition) is 0. The zero-order valence-electron chi connectivity index (χ0n) is 14.9. The van der Waals surface area contributed by atoms with Gasteiger partial charge in [-0.2, -0.15) is 0 Å². The van der Waals surface area contributed by atoms with E-state index < -0.39 is 0 Å². The first kappa shape index (κ1) is 18.6. The van der Waals surface area contributed by atoms with Gasteiger partial charge in [-0.15, -0.1) is 0 Å². The summed E-state index contributed by atoms with van der Waals surface area (Å²) in [6, 6.07) is 13.9. The summed E-state index contributed by atoms with van der Waals surface area (Å²) in [7, 11) is 1.78. The zero-order chi connectivity index (χ0) is 18.1. The molecule has 0 atom stereocenters. The Morgan fingerprint density at radius 3 is 2.16 bits per heavy atom. The molecule has 25 heavy (non-hydrogen) atoms. The molecule has 0 unspecified atom stereocenters. The number of amides is 2. The summed E-state index contributed by atoms with van der Waals surface area (Å²) in [5, 5.41) is 0. The Bertz CT molecular complexity index is 674. The van der Waals surface area contributed by atoms with Crippen molar-refractivity contribution in [2.75, 3.05) is 26.7 Å². The third kappa shape index (κ3) is 6.37. The van der Waals surface area contributed by atoms with E-state index in [0.29, 0.717) is 13.1 Å². The molecular formula is C20H25N3O2. The summed E-state index contributed by atoms with van der Waals surface area (Å²) in [5.41, 5.74) is 2.30. The van der Waals surface area contributed by atoms with Crippen LogP contribution in [0.15, 0.2) is 54.9 Å². The van der Waals surface area contributed by atoms with Gasteiger partial charge in [0.15, 0.2) is 0 Å². The van der Waals surface area contributed by atoms with E-state index in [1.807, 2.05) is 42.5 Å². The third-order valence-corrected chi connectivity index (χ3v) is 4.20. The van der Waals surface area contributed by atoms with Crippen LogP contribution in [0.5, 0.6) is 0 Å². The summed E-state index contributed by atoms with van der Waals surface area (Å²) in [4.78, 5) is 31.5. The Kier molecular flexibility index (Phi) is 7.14. The molecule has 1 aromatic heterocycles. The monoisotopic (exact) mass is 339 g/mol. The lowest BCUT2D eigenvalue weighted by Crippen LogP contribution is -2.42. The van der Waals surface area contributed by atoms with Crippen LogP contribution in [0.25, 0.3) is 0 Å². The van der Waals surface area contributed by atoms with Crippen molar-refractivity contribution < 1.29 is 9.59 Å². The Balaban J connectivity index is 1.83. The number of nitrogens with zero attached hydrogens (tertiary/aromatic N) is 3. The Morgan fingerprint density at radius 1 is 0.920 bits per heavy atom. The smallest absolute Gasteiger partial charge is 0.241 e.